The van der Waals surface area contributed by atoms with Crippen molar-refractivity contribution in [2.75, 3.05) is 26.2 Å². The van der Waals surface area contributed by atoms with Crippen LogP contribution in [0.4, 0.5) is 0 Å². The molecule has 0 saturated carbocycles. The molecule has 0 amide bonds. The van der Waals surface area contributed by atoms with Crippen molar-refractivity contribution in [1.82, 2.24) is 5.32 Å². The summed E-state index contributed by atoms with van der Waals surface area (Å²) in [7, 11) is 0. The van der Waals surface area contributed by atoms with E-state index in [0.29, 0.717) is 0 Å². The van der Waals surface area contributed by atoms with Crippen LogP contribution >= 0.6 is 0 Å². The summed E-state index contributed by atoms with van der Waals surface area (Å²) >= 11 is 0. The Labute approximate surface area is 50.2 Å². The van der Waals surface area contributed by atoms with Crippen LogP contribution in [0.3, 0.4) is 0 Å². The molecule has 0 aromatic heterocycles. The summed E-state index contributed by atoms with van der Waals surface area (Å²) < 4.78 is 0. The van der Waals surface area contributed by atoms with Crippen molar-refractivity contribution in [1.29, 1.82) is 0 Å². The quantitative estimate of drug-likeness (QED) is 0.428. The van der Waals surface area contributed by atoms with Gasteiger partial charge in [0.25, 0.3) is 0 Å². The molecule has 1 aliphatic rings. The van der Waals surface area contributed by atoms with E-state index in [0.717, 1.165) is 13.1 Å². The van der Waals surface area contributed by atoms with Crippen molar-refractivity contribution in [3.63, 3.8) is 0 Å². The van der Waals surface area contributed by atoms with Crippen LogP contribution in [0.15, 0.2) is 12.8 Å². The molecule has 1 fully saturated rings. The van der Waals surface area contributed by atoms with Gasteiger partial charge in [0.05, 0.1) is 19.3 Å². The van der Waals surface area contributed by atoms with Crippen molar-refractivity contribution in [3.8, 4) is 0 Å². The molecule has 1 rings (SSSR count). The van der Waals surface area contributed by atoms with Crippen LogP contribution in [-0.2, 0) is 0 Å². The third-order valence-electron chi connectivity index (χ3n) is 1.53. The largest absolute Gasteiger partial charge is 0.307 e. The molecule has 2 nitrogen and oxygen atoms in total. The van der Waals surface area contributed by atoms with E-state index < -0.39 is 0 Å². The fraction of sp³-hybridized carbons (Fsp3) is 0.667. The molecule has 0 spiro atoms. The average molecular weight is 113 g/mol. The number of nitrogens with one attached hydrogen (secondary N) is 2. The first-order valence-electron chi connectivity index (χ1n) is 3.11. The minimum absolute atomic E-state index is 1.14. The Hall–Kier alpha value is -0.340. The Kier molecular flexibility index (Phi) is 2.06. The summed E-state index contributed by atoms with van der Waals surface area (Å²) in [6.07, 6.45) is 1.99. The van der Waals surface area contributed by atoms with Crippen LogP contribution < -0.4 is 10.2 Å². The fourth-order valence-corrected chi connectivity index (χ4v) is 0.952. The molecule has 8 heavy (non-hydrogen) atoms. The normalized spacial score (nSPS) is 23.0. The maximum Gasteiger partial charge on any atom is 0.0939 e. The van der Waals surface area contributed by atoms with Gasteiger partial charge in [-0.15, -0.1) is 0 Å². The Balaban J connectivity index is 2.22. The molecule has 0 radical (unpaired) electrons. The van der Waals surface area contributed by atoms with Gasteiger partial charge in [-0.2, -0.15) is 0 Å². The predicted octanol–water partition coefficient (Wildman–Crippen LogP) is -1.38. The summed E-state index contributed by atoms with van der Waals surface area (Å²) in [5.74, 6) is 0. The lowest BCUT2D eigenvalue weighted by molar-refractivity contribution is -0.848. The van der Waals surface area contributed by atoms with E-state index in [1.54, 1.807) is 0 Å². The minimum Gasteiger partial charge on any atom is -0.307 e. The van der Waals surface area contributed by atoms with E-state index >= 15 is 0 Å². The summed E-state index contributed by atoms with van der Waals surface area (Å²) in [4.78, 5) is 1.50. The number of rotatable bonds is 1. The highest BCUT2D eigenvalue weighted by Crippen LogP contribution is 1.61. The second kappa shape index (κ2) is 2.84. The molecule has 1 heterocycles. The van der Waals surface area contributed by atoms with Gasteiger partial charge in [0.2, 0.25) is 0 Å². The molecular weight excluding hydrogens is 100 g/mol. The molecule has 1 aliphatic heterocycles. The van der Waals surface area contributed by atoms with Crippen LogP contribution in [0.25, 0.3) is 0 Å². The maximum absolute atomic E-state index is 3.72. The first kappa shape index (κ1) is 5.79. The van der Waals surface area contributed by atoms with Crippen molar-refractivity contribution in [3.05, 3.63) is 12.8 Å². The summed E-state index contributed by atoms with van der Waals surface area (Å²) in [6, 6.07) is 0. The van der Waals surface area contributed by atoms with E-state index in [-0.39, 0.29) is 0 Å². The van der Waals surface area contributed by atoms with Crippen LogP contribution in [0.1, 0.15) is 0 Å². The van der Waals surface area contributed by atoms with Crippen LogP contribution in [0, 0.1) is 0 Å². The standard InChI is InChI=1S/C6H12N2/c1-2-8-5-3-7-4-6-8/h2,7H,1,3-6H2/p+1. The summed E-state index contributed by atoms with van der Waals surface area (Å²) in [5, 5.41) is 3.28. The van der Waals surface area contributed by atoms with Crippen molar-refractivity contribution < 1.29 is 4.90 Å². The molecule has 2 heteroatoms. The van der Waals surface area contributed by atoms with Crippen molar-refractivity contribution >= 4 is 0 Å². The van der Waals surface area contributed by atoms with Gasteiger partial charge in [-0.3, -0.25) is 0 Å². The van der Waals surface area contributed by atoms with Gasteiger partial charge in [0.1, 0.15) is 0 Å². The smallest absolute Gasteiger partial charge is 0.0939 e. The monoisotopic (exact) mass is 113 g/mol. The molecule has 0 atom stereocenters. The predicted molar refractivity (Wildman–Crippen MR) is 33.8 cm³/mol. The van der Waals surface area contributed by atoms with Crippen LogP contribution in [0.5, 0.6) is 0 Å². The van der Waals surface area contributed by atoms with Gasteiger partial charge in [0, 0.05) is 13.1 Å². The Morgan fingerprint density at radius 2 is 2.00 bits per heavy atom. The summed E-state index contributed by atoms with van der Waals surface area (Å²) in [6.45, 7) is 8.40. The van der Waals surface area contributed by atoms with Gasteiger partial charge in [-0.05, 0) is 6.58 Å². The lowest BCUT2D eigenvalue weighted by Crippen LogP contribution is -3.10. The maximum atomic E-state index is 3.72. The first-order valence-corrected chi connectivity index (χ1v) is 3.11. The lowest BCUT2D eigenvalue weighted by atomic mass is 10.4. The third-order valence-corrected chi connectivity index (χ3v) is 1.53. The first-order chi connectivity index (χ1) is 3.93. The second-order valence-electron chi connectivity index (χ2n) is 2.11. The molecule has 2 N–H and O–H groups in total. The van der Waals surface area contributed by atoms with E-state index in [1.165, 1.54) is 18.0 Å². The average Bonchev–Trinajstić information content (AvgIpc) is 1.90. The molecule has 0 aliphatic carbocycles. The molecular formula is C6H13N2+. The highest BCUT2D eigenvalue weighted by atomic mass is 15.2. The van der Waals surface area contributed by atoms with Crippen LogP contribution in [0.2, 0.25) is 0 Å². The Morgan fingerprint density at radius 3 is 2.38 bits per heavy atom. The van der Waals surface area contributed by atoms with Crippen LogP contribution in [-0.4, -0.2) is 26.2 Å². The van der Waals surface area contributed by atoms with Gasteiger partial charge in [-0.25, -0.2) is 0 Å². The number of piperazine rings is 1. The zero-order valence-electron chi connectivity index (χ0n) is 5.11. The second-order valence-corrected chi connectivity index (χ2v) is 2.11. The molecule has 1 saturated heterocycles. The molecule has 0 aromatic rings. The van der Waals surface area contributed by atoms with Gasteiger partial charge >= 0.3 is 0 Å². The van der Waals surface area contributed by atoms with E-state index in [4.69, 9.17) is 0 Å². The number of quaternary nitrogens is 1. The molecule has 46 valence electrons. The Bertz CT molecular complexity index is 74.6. The zero-order valence-corrected chi connectivity index (χ0v) is 5.11. The van der Waals surface area contributed by atoms with Gasteiger partial charge in [-0.1, -0.05) is 0 Å². The topological polar surface area (TPSA) is 16.5 Å². The SMILES string of the molecule is C=C[NH+]1CCNCC1. The van der Waals surface area contributed by atoms with E-state index in [1.807, 2.05) is 6.20 Å². The van der Waals surface area contributed by atoms with Crippen molar-refractivity contribution in [2.24, 2.45) is 0 Å². The highest BCUT2D eigenvalue weighted by molar-refractivity contribution is 4.55. The third kappa shape index (κ3) is 1.32. The van der Waals surface area contributed by atoms with Gasteiger partial charge < -0.3 is 10.2 Å². The zero-order chi connectivity index (χ0) is 5.82. The number of hydrogen-bond donors (Lipinski definition) is 2. The minimum atomic E-state index is 1.14. The lowest BCUT2D eigenvalue weighted by Gasteiger charge is -2.19. The number of hydrogen-bond acceptors (Lipinski definition) is 1. The molecule has 0 unspecified atom stereocenters. The highest BCUT2D eigenvalue weighted by Gasteiger charge is 2.07. The molecule has 0 bridgehead atoms. The Morgan fingerprint density at radius 1 is 1.38 bits per heavy atom. The van der Waals surface area contributed by atoms with E-state index in [2.05, 4.69) is 11.9 Å². The fourth-order valence-electron chi connectivity index (χ4n) is 0.952. The summed E-state index contributed by atoms with van der Waals surface area (Å²) in [5.41, 5.74) is 0. The van der Waals surface area contributed by atoms with Gasteiger partial charge in [0.15, 0.2) is 0 Å². The molecule has 0 aromatic carbocycles. The van der Waals surface area contributed by atoms with E-state index in [9.17, 15) is 0 Å². The van der Waals surface area contributed by atoms with Crippen molar-refractivity contribution in [2.45, 2.75) is 0 Å².